The van der Waals surface area contributed by atoms with Gasteiger partial charge in [0.05, 0.1) is 18.4 Å². The number of carbonyl (C=O) groups excluding carboxylic acids is 12. The third-order valence-corrected chi connectivity index (χ3v) is 16.7. The predicted molar refractivity (Wildman–Crippen MR) is 341 cm³/mol. The van der Waals surface area contributed by atoms with Gasteiger partial charge in [0, 0.05) is 49.3 Å². The zero-order valence-electron chi connectivity index (χ0n) is 62.1. The maximum absolute atomic E-state index is 15.1. The van der Waals surface area contributed by atoms with Gasteiger partial charge in [-0.15, -0.1) is 0 Å². The standard InChI is InChI=1S/C62H111N11O12.CH3O5P.3Na/c1-25-27-28-40(15)52(75)51-56(79)65-43(26-2)58(81)67(18)33-48(74)68(19)44(29-34(3)4)55(78)66-49(38(11)12)61(84)69(20)45(30-35(5)6)54(77)63-41(16)53(76)64-42(17)57(80)70(21)46(31-36(7)8)59(82)71(22)47(32-37(9)10)60(83)72(23)50(39(13)14)62(85)73(51)24;2-1(3)7(4,5)6;;;/h25,27,34-47,49-52,75H,26,28-33H2,1-24H3,(H,63,77)(H,64,76)(H,65,79)(H,66,78);(H,2,3)(H2,4,5,6);;;/q;;3*+1/p-3. The van der Waals surface area contributed by atoms with E-state index in [0.717, 1.165) is 9.80 Å². The van der Waals surface area contributed by atoms with Crippen molar-refractivity contribution in [3.63, 3.8) is 0 Å². The number of nitrogens with one attached hydrogen (secondary N) is 4. The van der Waals surface area contributed by atoms with E-state index in [9.17, 15) is 48.3 Å². The minimum Gasteiger partial charge on any atom is -0.807 e. The molecular formula is C63H111N11Na3O17P. The molecule has 0 aromatic rings. The summed E-state index contributed by atoms with van der Waals surface area (Å²) in [5, 5.41) is 32.1. The van der Waals surface area contributed by atoms with E-state index in [4.69, 9.17) is 24.3 Å². The van der Waals surface area contributed by atoms with Crippen molar-refractivity contribution in [2.75, 3.05) is 55.9 Å². The Bertz CT molecular complexity index is 2630. The summed E-state index contributed by atoms with van der Waals surface area (Å²) in [7, 11) is 4.48. The minimum absolute atomic E-state index is 0. The van der Waals surface area contributed by atoms with Crippen LogP contribution in [0.15, 0.2) is 12.2 Å². The van der Waals surface area contributed by atoms with Gasteiger partial charge in [0.15, 0.2) is 0 Å². The molecular weight excluding hydrogens is 1280 g/mol. The van der Waals surface area contributed by atoms with Crippen molar-refractivity contribution in [3.8, 4) is 0 Å². The summed E-state index contributed by atoms with van der Waals surface area (Å²) in [6, 6.07) is -12.3. The van der Waals surface area contributed by atoms with Gasteiger partial charge >= 0.3 is 88.7 Å². The van der Waals surface area contributed by atoms with E-state index in [-0.39, 0.29) is 144 Å². The molecule has 32 heteroatoms. The average molecular weight is 1390 g/mol. The second-order valence-electron chi connectivity index (χ2n) is 26.9. The van der Waals surface area contributed by atoms with Gasteiger partial charge < -0.3 is 84.9 Å². The molecule has 5 N–H and O–H groups in total. The average Bonchev–Trinajstić information content (AvgIpc) is 0.819. The van der Waals surface area contributed by atoms with E-state index in [1.54, 1.807) is 54.5 Å². The molecule has 1 rings (SSSR count). The number of likely N-dealkylation sites (N-methyl/N-ethyl adjacent to an activating group) is 7. The smallest absolute Gasteiger partial charge is 0.807 e. The SMILES string of the molecule is CC=CCC(C)C(O)C1C(=O)NC(CC)C(=O)N(C)CC(=O)N(C)C(CC(C)C)C(=O)NC(C(C)C)C(=O)N(C)C(CC(C)C)C(=O)NC(C)C(=O)NC(C)C(=O)N(C)C(CC(C)C)C(=O)N(C)C(CC(C)C)C(=O)N(C)C(C(C)C)C(=O)N1C.O=C([O-])P(=O)([O-])[O-].[Na+].[Na+].[Na+]. The van der Waals surface area contributed by atoms with Crippen LogP contribution in [0.4, 0.5) is 4.79 Å². The van der Waals surface area contributed by atoms with Crippen LogP contribution in [0.5, 0.6) is 0 Å². The molecule has 1 heterocycles. The summed E-state index contributed by atoms with van der Waals surface area (Å²) in [4.78, 5) is 196. The maximum Gasteiger partial charge on any atom is 1.00 e. The molecule has 11 amide bonds. The van der Waals surface area contributed by atoms with Crippen molar-refractivity contribution in [2.45, 2.75) is 223 Å². The number of rotatable bonds is 16. The van der Waals surface area contributed by atoms with E-state index >= 15 is 9.59 Å². The van der Waals surface area contributed by atoms with Gasteiger partial charge in [-0.05, 0) is 108 Å². The Labute approximate surface area is 631 Å². The van der Waals surface area contributed by atoms with Crippen LogP contribution < -0.4 is 125 Å². The molecule has 0 aromatic carbocycles. The third-order valence-electron chi connectivity index (χ3n) is 16.3. The van der Waals surface area contributed by atoms with Gasteiger partial charge in [0.25, 0.3) is 0 Å². The van der Waals surface area contributed by atoms with Crippen LogP contribution in [0, 0.1) is 41.4 Å². The van der Waals surface area contributed by atoms with Gasteiger partial charge in [-0.2, -0.15) is 0 Å². The van der Waals surface area contributed by atoms with Crippen LogP contribution in [-0.4, -0.2) is 232 Å². The van der Waals surface area contributed by atoms with Crippen LogP contribution in [-0.2, 0) is 57.3 Å². The Morgan fingerprint density at radius 1 is 0.516 bits per heavy atom. The summed E-state index contributed by atoms with van der Waals surface area (Å²) in [6.45, 7) is 29.3. The number of nitrogens with zero attached hydrogens (tertiary/aromatic N) is 7. The molecule has 28 nitrogen and oxygen atoms in total. The fourth-order valence-corrected chi connectivity index (χ4v) is 10.7. The van der Waals surface area contributed by atoms with Crippen molar-refractivity contribution < 1.29 is 171 Å². The van der Waals surface area contributed by atoms with Crippen LogP contribution in [0.1, 0.15) is 156 Å². The Balaban J connectivity index is -0.00000390. The number of carboxylic acid groups (broad SMARTS) is 1. The molecule has 12 unspecified atom stereocenters. The summed E-state index contributed by atoms with van der Waals surface area (Å²) >= 11 is 0. The molecule has 0 spiro atoms. The zero-order valence-corrected chi connectivity index (χ0v) is 68.9. The molecule has 528 valence electrons. The topological polar surface area (TPSA) is 382 Å². The number of hydrogen-bond acceptors (Lipinski definition) is 17. The number of hydrogen-bond donors (Lipinski definition) is 5. The fraction of sp³-hybridized carbons (Fsp3) is 0.778. The first-order valence-electron chi connectivity index (χ1n) is 31.7. The Hall–Kier alpha value is -3.51. The zero-order chi connectivity index (χ0) is 72.1. The molecule has 12 atom stereocenters. The van der Waals surface area contributed by atoms with Gasteiger partial charge in [0.1, 0.15) is 60.4 Å². The quantitative estimate of drug-likeness (QED) is 0.0544. The molecule has 0 aliphatic carbocycles. The largest absolute Gasteiger partial charge is 1.00 e. The van der Waals surface area contributed by atoms with Gasteiger partial charge in [0.2, 0.25) is 65.0 Å². The van der Waals surface area contributed by atoms with Crippen molar-refractivity contribution >= 4 is 78.3 Å². The van der Waals surface area contributed by atoms with E-state index in [1.165, 1.54) is 87.7 Å². The van der Waals surface area contributed by atoms with E-state index in [1.807, 2.05) is 61.5 Å². The van der Waals surface area contributed by atoms with Crippen LogP contribution >= 0.6 is 7.60 Å². The molecule has 0 aromatic heterocycles. The summed E-state index contributed by atoms with van der Waals surface area (Å²) < 4.78 is 9.14. The van der Waals surface area contributed by atoms with Gasteiger partial charge in [-0.3, -0.25) is 52.7 Å². The molecule has 1 aliphatic heterocycles. The Morgan fingerprint density at radius 2 is 0.895 bits per heavy atom. The van der Waals surface area contributed by atoms with Gasteiger partial charge in [-0.25, -0.2) is 0 Å². The van der Waals surface area contributed by atoms with Crippen molar-refractivity contribution in [2.24, 2.45) is 41.4 Å². The fourth-order valence-electron chi connectivity index (χ4n) is 10.7. The summed E-state index contributed by atoms with van der Waals surface area (Å²) in [6.07, 6.45) is 3.04. The van der Waals surface area contributed by atoms with Crippen molar-refractivity contribution in [3.05, 3.63) is 12.2 Å². The predicted octanol–water partition coefficient (Wildman–Crippen LogP) is -8.48. The van der Waals surface area contributed by atoms with Crippen LogP contribution in [0.25, 0.3) is 0 Å². The Kier molecular flexibility index (Phi) is 46.7. The van der Waals surface area contributed by atoms with E-state index in [2.05, 4.69) is 21.3 Å². The number of amides is 11. The second-order valence-corrected chi connectivity index (χ2v) is 28.2. The van der Waals surface area contributed by atoms with Crippen molar-refractivity contribution in [1.82, 2.24) is 55.6 Å². The van der Waals surface area contributed by atoms with Gasteiger partial charge in [-0.1, -0.05) is 109 Å². The number of allylic oxidation sites excluding steroid dienone is 2. The molecule has 1 fully saturated rings. The minimum atomic E-state index is -5.43. The normalized spacial score (nSPS) is 24.9. The molecule has 1 aliphatic rings. The number of carbonyl (C=O) groups is 12. The molecule has 0 radical (unpaired) electrons. The molecule has 0 bridgehead atoms. The monoisotopic (exact) mass is 1390 g/mol. The summed E-state index contributed by atoms with van der Waals surface area (Å²) in [5.74, 6) is -9.71. The van der Waals surface area contributed by atoms with E-state index in [0.29, 0.717) is 6.42 Å². The second kappa shape index (κ2) is 45.3. The van der Waals surface area contributed by atoms with Crippen LogP contribution in [0.3, 0.4) is 0 Å². The first-order valence-corrected chi connectivity index (χ1v) is 33.3. The number of aliphatic hydroxyl groups excluding tert-OH is 1. The third kappa shape index (κ3) is 30.5. The van der Waals surface area contributed by atoms with E-state index < -0.39 is 169 Å². The maximum atomic E-state index is 15.1. The van der Waals surface area contributed by atoms with Crippen molar-refractivity contribution in [1.29, 1.82) is 0 Å². The molecule has 1 saturated heterocycles. The molecule has 0 saturated carbocycles. The molecule has 95 heavy (non-hydrogen) atoms. The Morgan fingerprint density at radius 3 is 1.29 bits per heavy atom. The van der Waals surface area contributed by atoms with Crippen LogP contribution in [0.2, 0.25) is 0 Å². The number of aliphatic hydroxyl groups is 1. The first kappa shape index (κ1) is 97.9. The summed E-state index contributed by atoms with van der Waals surface area (Å²) in [5.41, 5.74) is -2.56. The first-order chi connectivity index (χ1) is 42.2.